The van der Waals surface area contributed by atoms with Crippen molar-refractivity contribution in [2.24, 2.45) is 0 Å². The van der Waals surface area contributed by atoms with Crippen LogP contribution in [0.4, 0.5) is 11.6 Å². The Hall–Kier alpha value is -4.27. The second-order valence-electron chi connectivity index (χ2n) is 6.79. The number of hydrogen-bond donors (Lipinski definition) is 2. The summed E-state index contributed by atoms with van der Waals surface area (Å²) >= 11 is 0. The summed E-state index contributed by atoms with van der Waals surface area (Å²) in [5, 5.41) is 9.01. The van der Waals surface area contributed by atoms with Crippen molar-refractivity contribution in [3.63, 3.8) is 0 Å². The highest BCUT2D eigenvalue weighted by Gasteiger charge is 2.17. The van der Waals surface area contributed by atoms with E-state index in [0.717, 1.165) is 22.2 Å². The zero-order chi connectivity index (χ0) is 21.4. The van der Waals surface area contributed by atoms with Crippen LogP contribution in [0.25, 0.3) is 27.9 Å². The maximum Gasteiger partial charge on any atom is 0.247 e. The van der Waals surface area contributed by atoms with Crippen LogP contribution >= 0.6 is 0 Å². The summed E-state index contributed by atoms with van der Waals surface area (Å²) in [5.74, 6) is 2.65. The smallest absolute Gasteiger partial charge is 0.247 e. The normalized spacial score (nSPS) is 11.1. The summed E-state index contributed by atoms with van der Waals surface area (Å²) in [6, 6.07) is 13.5. The first-order valence-corrected chi connectivity index (χ1v) is 9.56. The number of benzene rings is 2. The van der Waals surface area contributed by atoms with Gasteiger partial charge in [0, 0.05) is 35.2 Å². The minimum atomic E-state index is 0.465. The molecule has 0 fully saturated rings. The Morgan fingerprint density at radius 3 is 2.48 bits per heavy atom. The van der Waals surface area contributed by atoms with Gasteiger partial charge in [-0.05, 0) is 35.7 Å². The molecular formula is C22H20N6O3. The van der Waals surface area contributed by atoms with Gasteiger partial charge in [-0.25, -0.2) is 4.98 Å². The van der Waals surface area contributed by atoms with E-state index in [1.165, 1.54) is 0 Å². The van der Waals surface area contributed by atoms with Gasteiger partial charge < -0.3 is 24.5 Å². The number of ether oxygens (including phenoxy) is 3. The van der Waals surface area contributed by atoms with E-state index in [1.54, 1.807) is 38.1 Å². The van der Waals surface area contributed by atoms with E-state index in [4.69, 9.17) is 14.2 Å². The number of hydrogen-bond acceptors (Lipinski definition) is 7. The minimum absolute atomic E-state index is 0.465. The molecule has 9 heteroatoms. The summed E-state index contributed by atoms with van der Waals surface area (Å²) in [6.45, 7) is 0. The number of nitrogens with zero attached hydrogens (tertiary/aromatic N) is 4. The second-order valence-corrected chi connectivity index (χ2v) is 6.79. The fourth-order valence-electron chi connectivity index (χ4n) is 3.53. The van der Waals surface area contributed by atoms with Gasteiger partial charge in [0.15, 0.2) is 23.0 Å². The van der Waals surface area contributed by atoms with Crippen LogP contribution in [0.3, 0.4) is 0 Å². The number of rotatable bonds is 6. The monoisotopic (exact) mass is 416 g/mol. The predicted octanol–water partition coefficient (Wildman–Crippen LogP) is 4.04. The maximum atomic E-state index is 5.47. The van der Waals surface area contributed by atoms with E-state index in [1.807, 2.05) is 42.6 Å². The van der Waals surface area contributed by atoms with E-state index in [0.29, 0.717) is 34.7 Å². The first-order valence-electron chi connectivity index (χ1n) is 9.56. The Kier molecular flexibility index (Phi) is 4.55. The molecule has 0 saturated heterocycles. The molecule has 5 rings (SSSR count). The number of anilines is 2. The van der Waals surface area contributed by atoms with Crippen LogP contribution in [0.1, 0.15) is 0 Å². The SMILES string of the molecule is COc1cc(-c2nccc3nc(Nc4ccc5cc[nH]c5c4)nn23)cc(OC)c1OC. The van der Waals surface area contributed by atoms with Gasteiger partial charge in [0.2, 0.25) is 11.7 Å². The van der Waals surface area contributed by atoms with Crippen LogP contribution in [0.2, 0.25) is 0 Å². The molecule has 0 amide bonds. The van der Waals surface area contributed by atoms with E-state index < -0.39 is 0 Å². The van der Waals surface area contributed by atoms with E-state index in [2.05, 4.69) is 25.4 Å². The van der Waals surface area contributed by atoms with Gasteiger partial charge in [0.05, 0.1) is 21.3 Å². The van der Waals surface area contributed by atoms with Gasteiger partial charge in [-0.15, -0.1) is 5.10 Å². The van der Waals surface area contributed by atoms with Crippen LogP contribution < -0.4 is 19.5 Å². The summed E-state index contributed by atoms with van der Waals surface area (Å²) in [4.78, 5) is 12.3. The molecule has 5 aromatic rings. The van der Waals surface area contributed by atoms with Crippen LogP contribution in [-0.2, 0) is 0 Å². The fraction of sp³-hybridized carbons (Fsp3) is 0.136. The molecule has 0 bridgehead atoms. The summed E-state index contributed by atoms with van der Waals surface area (Å²) in [5.41, 5.74) is 3.33. The zero-order valence-electron chi connectivity index (χ0n) is 17.2. The largest absolute Gasteiger partial charge is 0.493 e. The molecule has 2 aromatic carbocycles. The third-order valence-corrected chi connectivity index (χ3v) is 4.99. The molecule has 2 N–H and O–H groups in total. The Morgan fingerprint density at radius 2 is 1.74 bits per heavy atom. The average molecular weight is 416 g/mol. The quantitative estimate of drug-likeness (QED) is 0.431. The zero-order valence-corrected chi connectivity index (χ0v) is 17.2. The standard InChI is InChI=1S/C22H20N6O3/c1-29-17-10-14(11-18(30-2)20(17)31-3)21-24-9-7-19-26-22(27-28(19)21)25-15-5-4-13-6-8-23-16(13)12-15/h4-12,23H,1-3H3,(H,25,27). The highest BCUT2D eigenvalue weighted by molar-refractivity contribution is 5.83. The lowest BCUT2D eigenvalue weighted by molar-refractivity contribution is 0.324. The summed E-state index contributed by atoms with van der Waals surface area (Å²) < 4.78 is 18.0. The van der Waals surface area contributed by atoms with E-state index >= 15 is 0 Å². The Labute approximate surface area is 177 Å². The number of fused-ring (bicyclic) bond motifs is 2. The van der Waals surface area contributed by atoms with Gasteiger partial charge in [-0.2, -0.15) is 9.50 Å². The van der Waals surface area contributed by atoms with Crippen molar-refractivity contribution in [1.29, 1.82) is 0 Å². The molecule has 0 aliphatic rings. The van der Waals surface area contributed by atoms with Gasteiger partial charge >= 0.3 is 0 Å². The highest BCUT2D eigenvalue weighted by atomic mass is 16.5. The lowest BCUT2D eigenvalue weighted by Crippen LogP contribution is -2.00. The lowest BCUT2D eigenvalue weighted by atomic mass is 10.1. The highest BCUT2D eigenvalue weighted by Crippen LogP contribution is 2.40. The number of H-pyrrole nitrogens is 1. The van der Waals surface area contributed by atoms with Crippen molar-refractivity contribution < 1.29 is 14.2 Å². The molecular weight excluding hydrogens is 396 g/mol. The Morgan fingerprint density at radius 1 is 0.935 bits per heavy atom. The van der Waals surface area contributed by atoms with Crippen LogP contribution in [0.15, 0.2) is 54.9 Å². The van der Waals surface area contributed by atoms with E-state index in [9.17, 15) is 0 Å². The minimum Gasteiger partial charge on any atom is -0.493 e. The molecule has 9 nitrogen and oxygen atoms in total. The average Bonchev–Trinajstić information content (AvgIpc) is 3.43. The van der Waals surface area contributed by atoms with Gasteiger partial charge in [0.25, 0.3) is 0 Å². The van der Waals surface area contributed by atoms with Crippen molar-refractivity contribution >= 4 is 28.2 Å². The number of aromatic nitrogens is 5. The Balaban J connectivity index is 1.57. The Bertz CT molecular complexity index is 1370. The molecule has 0 spiro atoms. The topological polar surface area (TPSA) is 98.6 Å². The summed E-state index contributed by atoms with van der Waals surface area (Å²) in [6.07, 6.45) is 3.60. The number of methoxy groups -OCH3 is 3. The maximum absolute atomic E-state index is 5.47. The van der Waals surface area contributed by atoms with Crippen molar-refractivity contribution in [2.75, 3.05) is 26.6 Å². The lowest BCUT2D eigenvalue weighted by Gasteiger charge is -2.14. The fourth-order valence-corrected chi connectivity index (χ4v) is 3.53. The number of nitrogens with one attached hydrogen (secondary N) is 2. The molecule has 0 saturated carbocycles. The predicted molar refractivity (Wildman–Crippen MR) is 117 cm³/mol. The third-order valence-electron chi connectivity index (χ3n) is 4.99. The van der Waals surface area contributed by atoms with Crippen molar-refractivity contribution in [3.05, 3.63) is 54.9 Å². The van der Waals surface area contributed by atoms with Gasteiger partial charge in [0.1, 0.15) is 0 Å². The molecule has 0 radical (unpaired) electrons. The molecule has 3 aromatic heterocycles. The molecule has 3 heterocycles. The molecule has 0 aliphatic heterocycles. The van der Waals surface area contributed by atoms with Crippen LogP contribution in [0, 0.1) is 0 Å². The van der Waals surface area contributed by atoms with Crippen molar-refractivity contribution in [2.45, 2.75) is 0 Å². The summed E-state index contributed by atoms with van der Waals surface area (Å²) in [7, 11) is 4.72. The van der Waals surface area contributed by atoms with Gasteiger partial charge in [-0.1, -0.05) is 6.07 Å². The molecule has 31 heavy (non-hydrogen) atoms. The third kappa shape index (κ3) is 3.25. The second kappa shape index (κ2) is 7.52. The first kappa shape index (κ1) is 18.7. The molecule has 0 atom stereocenters. The molecule has 156 valence electrons. The van der Waals surface area contributed by atoms with E-state index in [-0.39, 0.29) is 0 Å². The molecule has 0 aliphatic carbocycles. The first-order chi connectivity index (χ1) is 15.2. The molecule has 0 unspecified atom stereocenters. The number of aromatic amines is 1. The van der Waals surface area contributed by atoms with Crippen LogP contribution in [-0.4, -0.2) is 45.9 Å². The van der Waals surface area contributed by atoms with Crippen LogP contribution in [0.5, 0.6) is 17.2 Å². The van der Waals surface area contributed by atoms with Crippen molar-refractivity contribution in [3.8, 4) is 28.6 Å². The van der Waals surface area contributed by atoms with Gasteiger partial charge in [-0.3, -0.25) is 0 Å². The van der Waals surface area contributed by atoms with Crippen molar-refractivity contribution in [1.82, 2.24) is 24.6 Å².